The molecule has 3 rings (SSSR count). The number of aromatic hydroxyl groups is 1. The van der Waals surface area contributed by atoms with Gasteiger partial charge in [0.05, 0.1) is 23.3 Å². The standard InChI is InChI=1S/C19H24N4O4/c1-4-13-16(21-18(25)15(17(13)24)19(26)27)14-6-5-11(9-20-14)23-8-7-12(10-23)22(2)3/h5-6,9,12H,4,7-8,10H2,1-3H3,(H,26,27)(H2,21,24,25). The SMILES string of the molecule is CCc1c(-c2ccc(N3CCC(N(C)C)C3)cn2)[nH]c(=O)c(C(=O)O)c1O. The normalized spacial score (nSPS) is 16.9. The van der Waals surface area contributed by atoms with Crippen LogP contribution >= 0.6 is 0 Å². The fraction of sp³-hybridized carbons (Fsp3) is 0.421. The van der Waals surface area contributed by atoms with Crippen LogP contribution in [0, 0.1) is 0 Å². The number of hydrogen-bond donors (Lipinski definition) is 3. The van der Waals surface area contributed by atoms with E-state index in [2.05, 4.69) is 33.9 Å². The zero-order chi connectivity index (χ0) is 19.7. The van der Waals surface area contributed by atoms with Crippen molar-refractivity contribution in [3.63, 3.8) is 0 Å². The van der Waals surface area contributed by atoms with Gasteiger partial charge in [0, 0.05) is 24.7 Å². The van der Waals surface area contributed by atoms with Gasteiger partial charge in [0.25, 0.3) is 5.56 Å². The van der Waals surface area contributed by atoms with E-state index < -0.39 is 22.8 Å². The molecule has 0 radical (unpaired) electrons. The topological polar surface area (TPSA) is 110 Å². The van der Waals surface area contributed by atoms with Gasteiger partial charge in [0.1, 0.15) is 5.75 Å². The highest BCUT2D eigenvalue weighted by Gasteiger charge is 2.25. The van der Waals surface area contributed by atoms with Crippen molar-refractivity contribution in [3.8, 4) is 17.1 Å². The first-order valence-electron chi connectivity index (χ1n) is 8.92. The van der Waals surface area contributed by atoms with Crippen molar-refractivity contribution in [1.82, 2.24) is 14.9 Å². The summed E-state index contributed by atoms with van der Waals surface area (Å²) in [6.45, 7) is 3.66. The Balaban J connectivity index is 1.94. The Hall–Kier alpha value is -2.87. The second-order valence-corrected chi connectivity index (χ2v) is 6.94. The van der Waals surface area contributed by atoms with Gasteiger partial charge in [-0.3, -0.25) is 9.78 Å². The smallest absolute Gasteiger partial charge is 0.345 e. The fourth-order valence-corrected chi connectivity index (χ4v) is 3.51. The zero-order valence-corrected chi connectivity index (χ0v) is 15.7. The second-order valence-electron chi connectivity index (χ2n) is 6.94. The lowest BCUT2D eigenvalue weighted by molar-refractivity contribution is 0.0691. The number of aromatic nitrogens is 2. The second kappa shape index (κ2) is 7.40. The maximum Gasteiger partial charge on any atom is 0.345 e. The molecule has 8 heteroatoms. The summed E-state index contributed by atoms with van der Waals surface area (Å²) in [5, 5.41) is 19.4. The average Bonchev–Trinajstić information content (AvgIpc) is 3.11. The Morgan fingerprint density at radius 3 is 2.67 bits per heavy atom. The molecule has 0 amide bonds. The van der Waals surface area contributed by atoms with E-state index in [1.54, 1.807) is 19.2 Å². The number of pyridine rings is 2. The molecule has 3 heterocycles. The summed E-state index contributed by atoms with van der Waals surface area (Å²) >= 11 is 0. The Morgan fingerprint density at radius 1 is 1.41 bits per heavy atom. The monoisotopic (exact) mass is 372 g/mol. The molecule has 2 aromatic rings. The molecule has 2 aromatic heterocycles. The predicted molar refractivity (Wildman–Crippen MR) is 103 cm³/mol. The molecule has 1 unspecified atom stereocenters. The number of aromatic carboxylic acids is 1. The highest BCUT2D eigenvalue weighted by Crippen LogP contribution is 2.30. The number of H-pyrrole nitrogens is 1. The number of carboxylic acids is 1. The molecule has 0 saturated carbocycles. The van der Waals surface area contributed by atoms with Gasteiger partial charge < -0.3 is 25.0 Å². The molecule has 0 aliphatic carbocycles. The number of nitrogens with one attached hydrogen (secondary N) is 1. The lowest BCUT2D eigenvalue weighted by Gasteiger charge is -2.21. The van der Waals surface area contributed by atoms with Gasteiger partial charge in [-0.05, 0) is 39.1 Å². The summed E-state index contributed by atoms with van der Waals surface area (Å²) in [5.41, 5.74) is 0.717. The van der Waals surface area contributed by atoms with Gasteiger partial charge in [-0.2, -0.15) is 0 Å². The quantitative estimate of drug-likeness (QED) is 0.730. The van der Waals surface area contributed by atoms with Gasteiger partial charge >= 0.3 is 5.97 Å². The molecule has 1 fully saturated rings. The third-order valence-corrected chi connectivity index (χ3v) is 5.12. The van der Waals surface area contributed by atoms with Crippen LogP contribution in [0.15, 0.2) is 23.1 Å². The average molecular weight is 372 g/mol. The first-order valence-corrected chi connectivity index (χ1v) is 8.92. The third kappa shape index (κ3) is 3.52. The van der Waals surface area contributed by atoms with E-state index in [0.29, 0.717) is 29.4 Å². The zero-order valence-electron chi connectivity index (χ0n) is 15.7. The minimum absolute atomic E-state index is 0.351. The van der Waals surface area contributed by atoms with E-state index in [1.165, 1.54) is 0 Å². The Labute approximate surface area is 157 Å². The van der Waals surface area contributed by atoms with Crippen LogP contribution in [0.25, 0.3) is 11.4 Å². The lowest BCUT2D eigenvalue weighted by atomic mass is 10.0. The number of rotatable bonds is 5. The summed E-state index contributed by atoms with van der Waals surface area (Å²) in [6.07, 6.45) is 3.19. The van der Waals surface area contributed by atoms with Crippen LogP contribution < -0.4 is 10.5 Å². The Morgan fingerprint density at radius 2 is 2.15 bits per heavy atom. The van der Waals surface area contributed by atoms with Crippen molar-refractivity contribution in [2.75, 3.05) is 32.1 Å². The summed E-state index contributed by atoms with van der Waals surface area (Å²) in [6, 6.07) is 4.22. The molecule has 0 spiro atoms. The first-order chi connectivity index (χ1) is 12.8. The molecule has 1 saturated heterocycles. The summed E-state index contributed by atoms with van der Waals surface area (Å²) in [5.74, 6) is -1.95. The van der Waals surface area contributed by atoms with Crippen molar-refractivity contribution >= 4 is 11.7 Å². The molecule has 0 bridgehead atoms. The van der Waals surface area contributed by atoms with Gasteiger partial charge in [0.2, 0.25) is 0 Å². The van der Waals surface area contributed by atoms with E-state index >= 15 is 0 Å². The highest BCUT2D eigenvalue weighted by molar-refractivity contribution is 5.91. The minimum Gasteiger partial charge on any atom is -0.506 e. The number of aromatic amines is 1. The molecule has 1 atom stereocenters. The van der Waals surface area contributed by atoms with Crippen LogP contribution in [0.3, 0.4) is 0 Å². The van der Waals surface area contributed by atoms with Crippen LogP contribution in [0.5, 0.6) is 5.75 Å². The number of nitrogens with zero attached hydrogens (tertiary/aromatic N) is 3. The van der Waals surface area contributed by atoms with Gasteiger partial charge in [-0.1, -0.05) is 6.92 Å². The maximum atomic E-state index is 12.1. The fourth-order valence-electron chi connectivity index (χ4n) is 3.51. The summed E-state index contributed by atoms with van der Waals surface area (Å²) in [7, 11) is 4.15. The third-order valence-electron chi connectivity index (χ3n) is 5.12. The van der Waals surface area contributed by atoms with Crippen LogP contribution in [-0.2, 0) is 6.42 Å². The molecule has 8 nitrogen and oxygen atoms in total. The van der Waals surface area contributed by atoms with Gasteiger partial charge in [0.15, 0.2) is 5.56 Å². The van der Waals surface area contributed by atoms with Crippen LogP contribution in [0.2, 0.25) is 0 Å². The largest absolute Gasteiger partial charge is 0.506 e. The van der Waals surface area contributed by atoms with Gasteiger partial charge in [-0.25, -0.2) is 4.79 Å². The molecule has 1 aliphatic heterocycles. The number of anilines is 1. The highest BCUT2D eigenvalue weighted by atomic mass is 16.4. The van der Waals surface area contributed by atoms with Crippen LogP contribution in [0.1, 0.15) is 29.3 Å². The molecule has 27 heavy (non-hydrogen) atoms. The number of hydrogen-bond acceptors (Lipinski definition) is 6. The molecular formula is C19H24N4O4. The van der Waals surface area contributed by atoms with Gasteiger partial charge in [-0.15, -0.1) is 0 Å². The Kier molecular flexibility index (Phi) is 5.18. The van der Waals surface area contributed by atoms with Crippen molar-refractivity contribution in [2.24, 2.45) is 0 Å². The minimum atomic E-state index is -1.46. The van der Waals surface area contributed by atoms with E-state index in [0.717, 1.165) is 25.2 Å². The van der Waals surface area contributed by atoms with Crippen molar-refractivity contribution in [1.29, 1.82) is 0 Å². The molecule has 0 aromatic carbocycles. The van der Waals surface area contributed by atoms with E-state index in [9.17, 15) is 14.7 Å². The van der Waals surface area contributed by atoms with Crippen molar-refractivity contribution in [3.05, 3.63) is 39.8 Å². The molecular weight excluding hydrogens is 348 g/mol. The maximum absolute atomic E-state index is 12.1. The van der Waals surface area contributed by atoms with Crippen LogP contribution in [-0.4, -0.2) is 64.3 Å². The number of carboxylic acid groups (broad SMARTS) is 1. The number of carbonyl (C=O) groups is 1. The number of likely N-dealkylation sites (N-methyl/N-ethyl adjacent to an activating group) is 1. The van der Waals surface area contributed by atoms with E-state index in [4.69, 9.17) is 5.11 Å². The van der Waals surface area contributed by atoms with E-state index in [1.807, 2.05) is 6.07 Å². The summed E-state index contributed by atoms with van der Waals surface area (Å²) in [4.78, 5) is 34.8. The van der Waals surface area contributed by atoms with Crippen molar-refractivity contribution in [2.45, 2.75) is 25.8 Å². The lowest BCUT2D eigenvalue weighted by Crippen LogP contribution is -2.31. The van der Waals surface area contributed by atoms with Crippen LogP contribution in [0.4, 0.5) is 5.69 Å². The molecule has 3 N–H and O–H groups in total. The van der Waals surface area contributed by atoms with Crippen molar-refractivity contribution < 1.29 is 15.0 Å². The Bertz CT molecular complexity index is 905. The first kappa shape index (κ1) is 18.9. The predicted octanol–water partition coefficient (Wildman–Crippen LogP) is 1.54. The van der Waals surface area contributed by atoms with E-state index in [-0.39, 0.29) is 0 Å². The summed E-state index contributed by atoms with van der Waals surface area (Å²) < 4.78 is 0. The molecule has 1 aliphatic rings. The molecule has 144 valence electrons.